The molecule has 37 heavy (non-hydrogen) atoms. The van der Waals surface area contributed by atoms with E-state index < -0.39 is 51.3 Å². The largest absolute Gasteiger partial charge is 0.444 e. The first kappa shape index (κ1) is 28.9. The van der Waals surface area contributed by atoms with Crippen LogP contribution in [0.15, 0.2) is 18.2 Å². The number of hydrogen-bond acceptors (Lipinski definition) is 8. The number of ether oxygens (including phenoxy) is 2. The maximum atomic E-state index is 12.8. The molecule has 3 atom stereocenters. The zero-order chi connectivity index (χ0) is 27.8. The number of rotatable bonds is 5. The molecule has 10 nitrogen and oxygen atoms in total. The number of amides is 1. The van der Waals surface area contributed by atoms with Crippen LogP contribution < -0.4 is 5.32 Å². The van der Waals surface area contributed by atoms with Gasteiger partial charge in [0.25, 0.3) is 0 Å². The fourth-order valence-electron chi connectivity index (χ4n) is 4.48. The van der Waals surface area contributed by atoms with E-state index in [1.54, 1.807) is 53.7 Å². The van der Waals surface area contributed by atoms with E-state index in [2.05, 4.69) is 10.4 Å². The van der Waals surface area contributed by atoms with Crippen LogP contribution in [0, 0.1) is 5.92 Å². The van der Waals surface area contributed by atoms with Crippen LogP contribution in [0.2, 0.25) is 0 Å². The number of sulfone groups is 1. The minimum atomic E-state index is -3.52. The van der Waals surface area contributed by atoms with Crippen LogP contribution in [0.1, 0.15) is 66.1 Å². The minimum Gasteiger partial charge on any atom is -0.444 e. The molecule has 0 bridgehead atoms. The average molecular weight is 538 g/mol. The fraction of sp³-hybridized carbons (Fsp3) is 0.654. The van der Waals surface area contributed by atoms with E-state index in [0.29, 0.717) is 11.9 Å². The van der Waals surface area contributed by atoms with Gasteiger partial charge in [0.2, 0.25) is 0 Å². The Morgan fingerprint density at radius 1 is 1.11 bits per heavy atom. The molecule has 3 rings (SSSR count). The number of hydrogen-bond donors (Lipinski definition) is 2. The van der Waals surface area contributed by atoms with Gasteiger partial charge in [-0.05, 0) is 72.1 Å². The van der Waals surface area contributed by atoms with Gasteiger partial charge < -0.3 is 19.9 Å². The third-order valence-corrected chi connectivity index (χ3v) is 7.67. The molecule has 1 amide bonds. The maximum absolute atomic E-state index is 12.8. The molecule has 2 N–H and O–H groups in total. The number of alkyl carbamates (subject to hydrolysis) is 1. The lowest BCUT2D eigenvalue weighted by Crippen LogP contribution is -2.56. The number of aliphatic hydroxyl groups excluding tert-OH is 1. The third kappa shape index (κ3) is 7.67. The number of aliphatic hydroxyl groups is 1. The van der Waals surface area contributed by atoms with Crippen molar-refractivity contribution in [2.24, 2.45) is 5.92 Å². The summed E-state index contributed by atoms with van der Waals surface area (Å²) in [6.07, 6.45) is -0.678. The van der Waals surface area contributed by atoms with Gasteiger partial charge in [-0.15, -0.1) is 0 Å². The van der Waals surface area contributed by atoms with Gasteiger partial charge in [0, 0.05) is 11.3 Å². The van der Waals surface area contributed by atoms with Crippen LogP contribution >= 0.6 is 0 Å². The third-order valence-electron chi connectivity index (χ3n) is 5.87. The Kier molecular flexibility index (Phi) is 8.28. The molecule has 1 aliphatic heterocycles. The van der Waals surface area contributed by atoms with Gasteiger partial charge >= 0.3 is 12.2 Å². The maximum Gasteiger partial charge on any atom is 0.435 e. The quantitative estimate of drug-likeness (QED) is 0.590. The van der Waals surface area contributed by atoms with Crippen LogP contribution in [-0.4, -0.2) is 70.3 Å². The second kappa shape index (κ2) is 10.6. The standard InChI is InChI=1S/C26H39N3O7S/c1-8-9-19-18-13-16(10-11-21(18)29(28-19)24(32)36-26(5,6)7)12-17-14-37(33,34)15-20(22(17)30)27-23(31)35-25(2,3)4/h10-11,13,17,20,22,30H,8-9,12,14-15H2,1-7H3,(H,27,31)/t17-,20+,22+/m1/s1. The van der Waals surface area contributed by atoms with E-state index in [1.807, 2.05) is 13.0 Å². The first-order valence-corrected chi connectivity index (χ1v) is 14.4. The van der Waals surface area contributed by atoms with E-state index in [0.717, 1.165) is 23.1 Å². The highest BCUT2D eigenvalue weighted by Crippen LogP contribution is 2.28. The van der Waals surface area contributed by atoms with Gasteiger partial charge in [-0.25, -0.2) is 18.0 Å². The van der Waals surface area contributed by atoms with E-state index >= 15 is 0 Å². The smallest absolute Gasteiger partial charge is 0.435 e. The zero-order valence-electron chi connectivity index (χ0n) is 22.7. The molecular formula is C26H39N3O7S. The van der Waals surface area contributed by atoms with E-state index in [4.69, 9.17) is 9.47 Å². The molecule has 1 aromatic carbocycles. The number of nitrogens with zero attached hydrogens (tertiary/aromatic N) is 2. The Hall–Kier alpha value is -2.66. The van der Waals surface area contributed by atoms with Crippen molar-refractivity contribution in [2.75, 3.05) is 11.5 Å². The normalized spacial score (nSPS) is 22.0. The molecule has 0 saturated carbocycles. The van der Waals surface area contributed by atoms with Gasteiger partial charge in [0.05, 0.1) is 34.9 Å². The highest BCUT2D eigenvalue weighted by Gasteiger charge is 2.41. The Bertz CT molecular complexity index is 1260. The Morgan fingerprint density at radius 3 is 2.35 bits per heavy atom. The van der Waals surface area contributed by atoms with Crippen LogP contribution in [-0.2, 0) is 32.2 Å². The van der Waals surface area contributed by atoms with Crippen molar-refractivity contribution < 1.29 is 32.6 Å². The number of nitrogens with one attached hydrogen (secondary N) is 1. The Labute approximate surface area is 218 Å². The molecule has 2 aromatic rings. The molecule has 1 fully saturated rings. The first-order valence-electron chi connectivity index (χ1n) is 12.6. The second-order valence-corrected chi connectivity index (χ2v) is 13.9. The molecule has 2 heterocycles. The molecule has 1 aliphatic rings. The molecule has 1 aromatic heterocycles. The highest BCUT2D eigenvalue weighted by molar-refractivity contribution is 7.91. The number of carbonyl (C=O) groups excluding carboxylic acids is 2. The summed E-state index contributed by atoms with van der Waals surface area (Å²) in [6, 6.07) is 4.47. The SMILES string of the molecule is CCCc1nn(C(=O)OC(C)(C)C)c2ccc(C[C@@H]3CS(=O)(=O)C[C@H](NC(=O)OC(C)(C)C)[C@H]3O)cc12. The van der Waals surface area contributed by atoms with Crippen LogP contribution in [0.5, 0.6) is 0 Å². The number of benzene rings is 1. The summed E-state index contributed by atoms with van der Waals surface area (Å²) in [5.41, 5.74) is 0.712. The lowest BCUT2D eigenvalue weighted by Gasteiger charge is -2.35. The fourth-order valence-corrected chi connectivity index (χ4v) is 6.41. The monoisotopic (exact) mass is 537 g/mol. The second-order valence-electron chi connectivity index (χ2n) is 11.7. The predicted octanol–water partition coefficient (Wildman–Crippen LogP) is 3.61. The predicted molar refractivity (Wildman–Crippen MR) is 140 cm³/mol. The molecular weight excluding hydrogens is 498 g/mol. The highest BCUT2D eigenvalue weighted by atomic mass is 32.2. The molecule has 1 saturated heterocycles. The first-order chi connectivity index (χ1) is 17.0. The van der Waals surface area contributed by atoms with Crippen molar-refractivity contribution in [1.82, 2.24) is 15.1 Å². The number of aromatic nitrogens is 2. The van der Waals surface area contributed by atoms with Crippen molar-refractivity contribution >= 4 is 32.9 Å². The topological polar surface area (TPSA) is 137 Å². The lowest BCUT2D eigenvalue weighted by atomic mass is 9.90. The van der Waals surface area contributed by atoms with Gasteiger partial charge in [0.1, 0.15) is 11.2 Å². The Balaban J connectivity index is 1.87. The molecule has 0 unspecified atom stereocenters. The number of aryl methyl sites for hydroxylation is 1. The van der Waals surface area contributed by atoms with Crippen LogP contribution in [0.3, 0.4) is 0 Å². The molecule has 0 spiro atoms. The molecule has 0 aliphatic carbocycles. The lowest BCUT2D eigenvalue weighted by molar-refractivity contribution is 0.0358. The summed E-state index contributed by atoms with van der Waals surface area (Å²) in [5, 5.41) is 18.8. The van der Waals surface area contributed by atoms with Gasteiger partial charge in [0.15, 0.2) is 9.84 Å². The molecule has 206 valence electrons. The number of carbonyl (C=O) groups is 2. The van der Waals surface area contributed by atoms with Crippen LogP contribution in [0.25, 0.3) is 10.9 Å². The van der Waals surface area contributed by atoms with Gasteiger partial charge in [-0.1, -0.05) is 19.4 Å². The summed E-state index contributed by atoms with van der Waals surface area (Å²) < 4.78 is 37.3. The summed E-state index contributed by atoms with van der Waals surface area (Å²) in [4.78, 5) is 25.0. The van der Waals surface area contributed by atoms with Crippen molar-refractivity contribution in [1.29, 1.82) is 0 Å². The summed E-state index contributed by atoms with van der Waals surface area (Å²) in [6.45, 7) is 12.5. The molecule has 0 radical (unpaired) electrons. The minimum absolute atomic E-state index is 0.197. The van der Waals surface area contributed by atoms with E-state index in [-0.39, 0.29) is 17.9 Å². The molecule has 11 heteroatoms. The zero-order valence-corrected chi connectivity index (χ0v) is 23.5. The van der Waals surface area contributed by atoms with Crippen molar-refractivity contribution in [3.63, 3.8) is 0 Å². The van der Waals surface area contributed by atoms with Crippen LogP contribution in [0.4, 0.5) is 9.59 Å². The van der Waals surface area contributed by atoms with Crippen molar-refractivity contribution in [3.05, 3.63) is 29.5 Å². The average Bonchev–Trinajstić information content (AvgIpc) is 3.07. The summed E-state index contributed by atoms with van der Waals surface area (Å²) >= 11 is 0. The van der Waals surface area contributed by atoms with E-state index in [1.165, 1.54) is 4.68 Å². The Morgan fingerprint density at radius 2 is 1.76 bits per heavy atom. The van der Waals surface area contributed by atoms with Gasteiger partial charge in [-0.3, -0.25) is 0 Å². The van der Waals surface area contributed by atoms with Crippen molar-refractivity contribution in [3.8, 4) is 0 Å². The van der Waals surface area contributed by atoms with Crippen molar-refractivity contribution in [2.45, 2.75) is 91.1 Å². The number of fused-ring (bicyclic) bond motifs is 1. The van der Waals surface area contributed by atoms with E-state index in [9.17, 15) is 23.1 Å². The summed E-state index contributed by atoms with van der Waals surface area (Å²) in [5.74, 6) is -1.18. The van der Waals surface area contributed by atoms with Gasteiger partial charge in [-0.2, -0.15) is 9.78 Å². The summed E-state index contributed by atoms with van der Waals surface area (Å²) in [7, 11) is -3.52.